The number of amides is 1. The number of hydrogen-bond acceptors (Lipinski definition) is 4. The van der Waals surface area contributed by atoms with Gasteiger partial charge in [0, 0.05) is 26.2 Å². The molecule has 4 aromatic rings. The van der Waals surface area contributed by atoms with E-state index in [1.165, 1.54) is 0 Å². The minimum atomic E-state index is 0.165. The third-order valence-electron chi connectivity index (χ3n) is 5.99. The Morgan fingerprint density at radius 2 is 1.64 bits per heavy atom. The molecule has 1 aromatic heterocycles. The lowest BCUT2D eigenvalue weighted by atomic mass is 10.2. The third kappa shape index (κ3) is 4.41. The monoisotopic (exact) mass is 459 g/mol. The molecule has 0 radical (unpaired) electrons. The zero-order chi connectivity index (χ0) is 22.6. The number of aromatic amines is 1. The van der Waals surface area contributed by atoms with E-state index in [2.05, 4.69) is 44.8 Å². The number of fused-ring (bicyclic) bond motifs is 1. The van der Waals surface area contributed by atoms with Crippen LogP contribution in [0.25, 0.3) is 16.7 Å². The number of H-pyrrole nitrogens is 1. The summed E-state index contributed by atoms with van der Waals surface area (Å²) < 4.78 is 7.69. The number of ether oxygens (including phenoxy) is 1. The number of aromatic nitrogens is 2. The number of para-hydroxylation sites is 5. The second kappa shape index (κ2) is 9.58. The Hall–Kier alpha value is -3.45. The number of benzene rings is 3. The standard InChI is InChI=1S/C26H26N4O2S/c1-32-24-14-8-7-13-23(24)28-15-17-29(18-16-28)25(31)19-33-26-27-21-11-5-6-12-22(21)30(26)20-9-3-2-4-10-20/h2-14H,15-19H2,1H3/p+1. The Morgan fingerprint density at radius 3 is 2.42 bits per heavy atom. The number of nitrogens with zero attached hydrogens (tertiary/aromatic N) is 3. The van der Waals surface area contributed by atoms with E-state index in [4.69, 9.17) is 4.74 Å². The van der Waals surface area contributed by atoms with E-state index in [9.17, 15) is 4.79 Å². The predicted molar refractivity (Wildman–Crippen MR) is 132 cm³/mol. The van der Waals surface area contributed by atoms with Crippen LogP contribution in [0, 0.1) is 0 Å². The first kappa shape index (κ1) is 21.4. The van der Waals surface area contributed by atoms with Crippen molar-refractivity contribution in [2.45, 2.75) is 5.16 Å². The van der Waals surface area contributed by atoms with Crippen LogP contribution in [0.3, 0.4) is 0 Å². The van der Waals surface area contributed by atoms with Crippen LogP contribution in [0.2, 0.25) is 0 Å². The Labute approximate surface area is 197 Å². The highest BCUT2D eigenvalue weighted by molar-refractivity contribution is 7.99. The second-order valence-electron chi connectivity index (χ2n) is 7.95. The molecule has 3 aromatic carbocycles. The van der Waals surface area contributed by atoms with Gasteiger partial charge in [-0.1, -0.05) is 42.5 Å². The summed E-state index contributed by atoms with van der Waals surface area (Å²) in [7, 11) is 1.70. The van der Waals surface area contributed by atoms with Crippen LogP contribution >= 0.6 is 11.8 Å². The molecule has 0 atom stereocenters. The van der Waals surface area contributed by atoms with E-state index in [1.807, 2.05) is 53.4 Å². The summed E-state index contributed by atoms with van der Waals surface area (Å²) in [5, 5.41) is 0.961. The molecule has 1 fully saturated rings. The molecule has 1 aliphatic rings. The highest BCUT2D eigenvalue weighted by Gasteiger charge is 2.26. The molecule has 0 bridgehead atoms. The van der Waals surface area contributed by atoms with Crippen molar-refractivity contribution in [3.8, 4) is 11.4 Å². The molecule has 0 aliphatic carbocycles. The van der Waals surface area contributed by atoms with Crippen LogP contribution in [0.5, 0.6) is 5.75 Å². The van der Waals surface area contributed by atoms with Gasteiger partial charge in [-0.25, -0.2) is 4.98 Å². The number of carbonyl (C=O) groups excluding carboxylic acids is 1. The van der Waals surface area contributed by atoms with Crippen LogP contribution in [-0.4, -0.2) is 54.8 Å². The van der Waals surface area contributed by atoms with Gasteiger partial charge >= 0.3 is 5.16 Å². The summed E-state index contributed by atoms with van der Waals surface area (Å²) in [6, 6.07) is 26.5. The van der Waals surface area contributed by atoms with Crippen molar-refractivity contribution in [1.29, 1.82) is 0 Å². The van der Waals surface area contributed by atoms with Gasteiger partial charge < -0.3 is 14.5 Å². The summed E-state index contributed by atoms with van der Waals surface area (Å²) >= 11 is 1.56. The van der Waals surface area contributed by atoms with Gasteiger partial charge in [-0.2, -0.15) is 4.57 Å². The lowest BCUT2D eigenvalue weighted by molar-refractivity contribution is -0.609. The lowest BCUT2D eigenvalue weighted by Crippen LogP contribution is -2.49. The molecular formula is C26H27N4O2S+. The number of imidazole rings is 1. The molecule has 1 saturated heterocycles. The van der Waals surface area contributed by atoms with E-state index >= 15 is 0 Å². The molecule has 0 saturated carbocycles. The molecule has 1 amide bonds. The van der Waals surface area contributed by atoms with Crippen LogP contribution in [0.1, 0.15) is 0 Å². The Bertz CT molecular complexity index is 1250. The van der Waals surface area contributed by atoms with Gasteiger partial charge in [0.25, 0.3) is 0 Å². The average Bonchev–Trinajstić information content (AvgIpc) is 3.26. The van der Waals surface area contributed by atoms with Gasteiger partial charge in [-0.05, 0) is 48.2 Å². The zero-order valence-corrected chi connectivity index (χ0v) is 19.4. The minimum Gasteiger partial charge on any atom is -0.495 e. The molecule has 1 N–H and O–H groups in total. The number of hydrogen-bond donors (Lipinski definition) is 1. The van der Waals surface area contributed by atoms with Crippen molar-refractivity contribution >= 4 is 34.4 Å². The Morgan fingerprint density at radius 1 is 0.939 bits per heavy atom. The van der Waals surface area contributed by atoms with Crippen molar-refractivity contribution in [1.82, 2.24) is 9.88 Å². The van der Waals surface area contributed by atoms with Crippen molar-refractivity contribution in [2.24, 2.45) is 0 Å². The molecule has 1 aliphatic heterocycles. The number of methoxy groups -OCH3 is 1. The number of nitrogens with one attached hydrogen (secondary N) is 1. The largest absolute Gasteiger partial charge is 0.495 e. The van der Waals surface area contributed by atoms with Gasteiger partial charge in [0.05, 0.1) is 18.6 Å². The van der Waals surface area contributed by atoms with Crippen LogP contribution in [-0.2, 0) is 4.79 Å². The molecule has 6 nitrogen and oxygen atoms in total. The fraction of sp³-hybridized carbons (Fsp3) is 0.231. The number of rotatable bonds is 6. The highest BCUT2D eigenvalue weighted by Crippen LogP contribution is 2.28. The van der Waals surface area contributed by atoms with E-state index < -0.39 is 0 Å². The minimum absolute atomic E-state index is 0.165. The summed E-state index contributed by atoms with van der Waals surface area (Å²) in [6.45, 7) is 3.02. The van der Waals surface area contributed by atoms with Crippen LogP contribution in [0.4, 0.5) is 5.69 Å². The maximum absolute atomic E-state index is 13.0. The summed E-state index contributed by atoms with van der Waals surface area (Å²) in [5.74, 6) is 1.43. The normalized spacial score (nSPS) is 14.0. The number of carbonyl (C=O) groups is 1. The topological polar surface area (TPSA) is 52.5 Å². The van der Waals surface area contributed by atoms with Crippen molar-refractivity contribution in [2.75, 3.05) is 43.9 Å². The quantitative estimate of drug-likeness (QED) is 0.351. The first-order valence-corrected chi connectivity index (χ1v) is 12.1. The van der Waals surface area contributed by atoms with Crippen LogP contribution < -0.4 is 14.2 Å². The van der Waals surface area contributed by atoms with Gasteiger partial charge in [-0.15, -0.1) is 0 Å². The molecule has 0 unspecified atom stereocenters. The highest BCUT2D eigenvalue weighted by atomic mass is 32.2. The average molecular weight is 460 g/mol. The van der Waals surface area contributed by atoms with Gasteiger partial charge in [-0.3, -0.25) is 4.79 Å². The van der Waals surface area contributed by atoms with E-state index in [-0.39, 0.29) is 5.91 Å². The summed E-state index contributed by atoms with van der Waals surface area (Å²) in [4.78, 5) is 20.8. The van der Waals surface area contributed by atoms with Crippen LogP contribution in [0.15, 0.2) is 84.0 Å². The Balaban J connectivity index is 1.27. The first-order chi connectivity index (χ1) is 16.2. The summed E-state index contributed by atoms with van der Waals surface area (Å²) in [6.07, 6.45) is 0. The molecular weight excluding hydrogens is 432 g/mol. The lowest BCUT2D eigenvalue weighted by Gasteiger charge is -2.36. The number of piperazine rings is 1. The SMILES string of the molecule is COc1ccccc1N1CCN(C(=O)CSc2[nH]c3ccccc3[n+]2-c2ccccc2)CC1. The molecule has 5 rings (SSSR count). The van der Waals surface area contributed by atoms with Gasteiger partial charge in [0.2, 0.25) is 5.91 Å². The third-order valence-corrected chi connectivity index (χ3v) is 6.94. The molecule has 0 spiro atoms. The zero-order valence-electron chi connectivity index (χ0n) is 18.6. The second-order valence-corrected chi connectivity index (χ2v) is 8.91. The van der Waals surface area contributed by atoms with E-state index in [1.54, 1.807) is 18.9 Å². The fourth-order valence-electron chi connectivity index (χ4n) is 4.30. The number of thioether (sulfide) groups is 1. The molecule has 33 heavy (non-hydrogen) atoms. The maximum Gasteiger partial charge on any atom is 0.322 e. The fourth-order valence-corrected chi connectivity index (χ4v) is 5.26. The summed E-state index contributed by atoms with van der Waals surface area (Å²) in [5.41, 5.74) is 4.32. The maximum atomic E-state index is 13.0. The van der Waals surface area contributed by atoms with Crippen molar-refractivity contribution in [3.63, 3.8) is 0 Å². The van der Waals surface area contributed by atoms with Crippen molar-refractivity contribution in [3.05, 3.63) is 78.9 Å². The molecule has 7 heteroatoms. The Kier molecular flexibility index (Phi) is 6.21. The predicted octanol–water partition coefficient (Wildman–Crippen LogP) is 3.89. The van der Waals surface area contributed by atoms with Gasteiger partial charge in [0.15, 0.2) is 11.0 Å². The first-order valence-electron chi connectivity index (χ1n) is 11.1. The van der Waals surface area contributed by atoms with Crippen molar-refractivity contribution < 1.29 is 14.1 Å². The van der Waals surface area contributed by atoms with E-state index in [0.717, 1.165) is 46.4 Å². The molecule has 2 heterocycles. The number of anilines is 1. The van der Waals surface area contributed by atoms with Gasteiger partial charge in [0.1, 0.15) is 11.4 Å². The van der Waals surface area contributed by atoms with E-state index in [0.29, 0.717) is 18.8 Å². The smallest absolute Gasteiger partial charge is 0.322 e. The molecule has 168 valence electrons.